The Morgan fingerprint density at radius 3 is 2.71 bits per heavy atom. The van der Waals surface area contributed by atoms with Gasteiger partial charge in [-0.1, -0.05) is 29.8 Å². The van der Waals surface area contributed by atoms with Crippen LogP contribution in [0.5, 0.6) is 0 Å². The van der Waals surface area contributed by atoms with Crippen molar-refractivity contribution < 1.29 is 14.0 Å². The molecule has 6 heteroatoms. The van der Waals surface area contributed by atoms with Crippen LogP contribution in [0.3, 0.4) is 0 Å². The van der Waals surface area contributed by atoms with Crippen molar-refractivity contribution in [3.8, 4) is 0 Å². The van der Waals surface area contributed by atoms with Crippen molar-refractivity contribution in [2.24, 2.45) is 0 Å². The predicted octanol–water partition coefficient (Wildman–Crippen LogP) is 2.94. The molecule has 24 heavy (non-hydrogen) atoms. The summed E-state index contributed by atoms with van der Waals surface area (Å²) in [5, 5.41) is 3.48. The van der Waals surface area contributed by atoms with Crippen molar-refractivity contribution >= 4 is 29.1 Å². The molecular formula is C18H16ClFN2O2. The van der Waals surface area contributed by atoms with Gasteiger partial charge in [0.1, 0.15) is 5.82 Å². The lowest BCUT2D eigenvalue weighted by Gasteiger charge is -2.17. The zero-order valence-electron chi connectivity index (χ0n) is 12.8. The summed E-state index contributed by atoms with van der Waals surface area (Å²) in [4.78, 5) is 25.7. The Hall–Kier alpha value is -2.40. The lowest BCUT2D eigenvalue weighted by atomic mass is 10.1. The van der Waals surface area contributed by atoms with Crippen molar-refractivity contribution in [1.82, 2.24) is 5.32 Å². The predicted molar refractivity (Wildman–Crippen MR) is 90.5 cm³/mol. The largest absolute Gasteiger partial charge is 0.351 e. The smallest absolute Gasteiger partial charge is 0.229 e. The molecular weight excluding hydrogens is 331 g/mol. The monoisotopic (exact) mass is 346 g/mol. The minimum atomic E-state index is -0.393. The van der Waals surface area contributed by atoms with E-state index in [4.69, 9.17) is 11.6 Å². The Bertz CT molecular complexity index is 764. The van der Waals surface area contributed by atoms with E-state index in [1.54, 1.807) is 36.4 Å². The molecule has 0 bridgehead atoms. The zero-order chi connectivity index (χ0) is 17.1. The maximum Gasteiger partial charge on any atom is 0.229 e. The first-order valence-electron chi connectivity index (χ1n) is 7.61. The molecule has 2 amide bonds. The van der Waals surface area contributed by atoms with E-state index in [-0.39, 0.29) is 30.7 Å². The van der Waals surface area contributed by atoms with Crippen LogP contribution in [0.2, 0.25) is 5.02 Å². The highest BCUT2D eigenvalue weighted by Crippen LogP contribution is 2.22. The van der Waals surface area contributed by atoms with Crippen molar-refractivity contribution in [2.75, 3.05) is 11.4 Å². The molecule has 124 valence electrons. The maximum absolute atomic E-state index is 13.3. The summed E-state index contributed by atoms with van der Waals surface area (Å²) in [5.41, 5.74) is 1.36. The Labute approximate surface area is 144 Å². The Balaban J connectivity index is 1.59. The lowest BCUT2D eigenvalue weighted by Crippen LogP contribution is -2.38. The molecule has 1 heterocycles. The minimum Gasteiger partial charge on any atom is -0.351 e. The SMILES string of the molecule is O=C(Cc1ccc(Cl)cc1)NC1CC(=O)N(c2cccc(F)c2)C1. The first-order chi connectivity index (χ1) is 11.5. The summed E-state index contributed by atoms with van der Waals surface area (Å²) < 4.78 is 13.3. The summed E-state index contributed by atoms with van der Waals surface area (Å²) in [5.74, 6) is -0.677. The maximum atomic E-state index is 13.3. The molecule has 0 spiro atoms. The Morgan fingerprint density at radius 2 is 2.00 bits per heavy atom. The van der Waals surface area contributed by atoms with Gasteiger partial charge in [-0.2, -0.15) is 0 Å². The first-order valence-corrected chi connectivity index (χ1v) is 7.99. The van der Waals surface area contributed by atoms with Crippen molar-refractivity contribution in [3.63, 3.8) is 0 Å². The number of halogens is 2. The number of carbonyl (C=O) groups excluding carboxylic acids is 2. The molecule has 1 aliphatic rings. The van der Waals surface area contributed by atoms with Crippen LogP contribution in [0.15, 0.2) is 48.5 Å². The van der Waals surface area contributed by atoms with E-state index in [1.165, 1.54) is 17.0 Å². The minimum absolute atomic E-state index is 0.127. The van der Waals surface area contributed by atoms with Gasteiger partial charge in [0.05, 0.1) is 12.5 Å². The first kappa shape index (κ1) is 16.5. The highest BCUT2D eigenvalue weighted by atomic mass is 35.5. The van der Waals surface area contributed by atoms with Gasteiger partial charge in [0.25, 0.3) is 0 Å². The quantitative estimate of drug-likeness (QED) is 0.925. The molecule has 3 rings (SSSR count). The third-order valence-electron chi connectivity index (χ3n) is 3.89. The molecule has 2 aromatic rings. The van der Waals surface area contributed by atoms with E-state index in [0.717, 1.165) is 5.56 Å². The number of rotatable bonds is 4. The van der Waals surface area contributed by atoms with Crippen LogP contribution in [-0.2, 0) is 16.0 Å². The van der Waals surface area contributed by atoms with Gasteiger partial charge in [0.2, 0.25) is 11.8 Å². The number of nitrogens with one attached hydrogen (secondary N) is 1. The van der Waals surface area contributed by atoms with Gasteiger partial charge in [0.15, 0.2) is 0 Å². The van der Waals surface area contributed by atoms with Crippen LogP contribution in [0.4, 0.5) is 10.1 Å². The zero-order valence-corrected chi connectivity index (χ0v) is 13.6. The van der Waals surface area contributed by atoms with E-state index < -0.39 is 5.82 Å². The van der Waals surface area contributed by atoms with E-state index in [2.05, 4.69) is 5.32 Å². The van der Waals surface area contributed by atoms with E-state index in [1.807, 2.05) is 0 Å². The van der Waals surface area contributed by atoms with Crippen molar-refractivity contribution in [2.45, 2.75) is 18.9 Å². The molecule has 1 N–H and O–H groups in total. The molecule has 2 aromatic carbocycles. The molecule has 0 saturated carbocycles. The topological polar surface area (TPSA) is 49.4 Å². The van der Waals surface area contributed by atoms with Gasteiger partial charge in [-0.3, -0.25) is 9.59 Å². The molecule has 0 radical (unpaired) electrons. The Kier molecular flexibility index (Phi) is 4.81. The summed E-state index contributed by atoms with van der Waals surface area (Å²) >= 11 is 5.82. The standard InChI is InChI=1S/C18H16ClFN2O2/c19-13-6-4-12(5-7-13)8-17(23)21-15-10-18(24)22(11-15)16-3-1-2-14(20)9-16/h1-7,9,15H,8,10-11H2,(H,21,23). The van der Waals surface area contributed by atoms with Gasteiger partial charge in [-0.15, -0.1) is 0 Å². The summed E-state index contributed by atoms with van der Waals surface area (Å²) in [6.45, 7) is 0.342. The van der Waals surface area contributed by atoms with Gasteiger partial charge in [0, 0.05) is 23.7 Å². The van der Waals surface area contributed by atoms with Crippen LogP contribution < -0.4 is 10.2 Å². The summed E-state index contributed by atoms with van der Waals surface area (Å²) in [7, 11) is 0. The average molecular weight is 347 g/mol. The third-order valence-corrected chi connectivity index (χ3v) is 4.14. The van der Waals surface area contributed by atoms with Crippen molar-refractivity contribution in [3.05, 3.63) is 64.9 Å². The van der Waals surface area contributed by atoms with Crippen LogP contribution in [-0.4, -0.2) is 24.4 Å². The molecule has 1 unspecified atom stereocenters. The normalized spacial score (nSPS) is 17.2. The molecule has 0 aromatic heterocycles. The molecule has 0 aliphatic carbocycles. The summed E-state index contributed by atoms with van der Waals surface area (Å²) in [6, 6.07) is 12.7. The van der Waals surface area contributed by atoms with Gasteiger partial charge >= 0.3 is 0 Å². The second kappa shape index (κ2) is 7.01. The fraction of sp³-hybridized carbons (Fsp3) is 0.222. The average Bonchev–Trinajstić information content (AvgIpc) is 2.90. The molecule has 1 aliphatic heterocycles. The summed E-state index contributed by atoms with van der Waals surface area (Å²) in [6.07, 6.45) is 0.435. The fourth-order valence-electron chi connectivity index (χ4n) is 2.76. The van der Waals surface area contributed by atoms with Gasteiger partial charge in [-0.25, -0.2) is 4.39 Å². The van der Waals surface area contributed by atoms with E-state index in [0.29, 0.717) is 17.3 Å². The third kappa shape index (κ3) is 3.92. The molecule has 1 saturated heterocycles. The number of hydrogen-bond donors (Lipinski definition) is 1. The highest BCUT2D eigenvalue weighted by Gasteiger charge is 2.31. The number of benzene rings is 2. The van der Waals surface area contributed by atoms with Crippen LogP contribution >= 0.6 is 11.6 Å². The second-order valence-corrected chi connectivity index (χ2v) is 6.19. The number of amides is 2. The number of hydrogen-bond acceptors (Lipinski definition) is 2. The molecule has 4 nitrogen and oxygen atoms in total. The molecule has 1 atom stereocenters. The van der Waals surface area contributed by atoms with Crippen LogP contribution in [0.1, 0.15) is 12.0 Å². The molecule has 1 fully saturated rings. The number of carbonyl (C=O) groups is 2. The van der Waals surface area contributed by atoms with E-state index >= 15 is 0 Å². The van der Waals surface area contributed by atoms with Gasteiger partial charge < -0.3 is 10.2 Å². The lowest BCUT2D eigenvalue weighted by molar-refractivity contribution is -0.121. The van der Waals surface area contributed by atoms with Gasteiger partial charge in [-0.05, 0) is 35.9 Å². The fourth-order valence-corrected chi connectivity index (χ4v) is 2.89. The Morgan fingerprint density at radius 1 is 1.25 bits per heavy atom. The second-order valence-electron chi connectivity index (χ2n) is 5.76. The van der Waals surface area contributed by atoms with Crippen molar-refractivity contribution in [1.29, 1.82) is 0 Å². The highest BCUT2D eigenvalue weighted by molar-refractivity contribution is 6.30. The van der Waals surface area contributed by atoms with E-state index in [9.17, 15) is 14.0 Å². The number of anilines is 1. The van der Waals surface area contributed by atoms with Crippen LogP contribution in [0, 0.1) is 5.82 Å². The van der Waals surface area contributed by atoms with Crippen LogP contribution in [0.25, 0.3) is 0 Å². The number of nitrogens with zero attached hydrogens (tertiary/aromatic N) is 1.